The first-order valence-corrected chi connectivity index (χ1v) is 19.9. The first-order valence-electron chi connectivity index (χ1n) is 19.9. The Bertz CT molecular complexity index is 1440. The van der Waals surface area contributed by atoms with Crippen LogP contribution in [0.5, 0.6) is 0 Å². The lowest BCUT2D eigenvalue weighted by Crippen LogP contribution is -2.70. The van der Waals surface area contributed by atoms with Crippen molar-refractivity contribution < 1.29 is 124 Å². The van der Waals surface area contributed by atoms with E-state index in [1.54, 1.807) is 0 Å². The number of amides is 2. The summed E-state index contributed by atoms with van der Waals surface area (Å²) in [6.07, 6.45) is -40.1. The highest BCUT2D eigenvalue weighted by Crippen LogP contribution is 2.35. The first kappa shape index (κ1) is 51.0. The molecule has 5 heterocycles. The van der Waals surface area contributed by atoms with Gasteiger partial charge in [0.2, 0.25) is 11.8 Å². The van der Waals surface area contributed by atoms with E-state index in [2.05, 4.69) is 10.6 Å². The average Bonchev–Trinajstić information content (AvgIpc) is 3.23. The van der Waals surface area contributed by atoms with E-state index < -0.39 is 198 Å². The molecule has 10 unspecified atom stereocenters. The Morgan fingerprint density at radius 2 is 0.839 bits per heavy atom. The van der Waals surface area contributed by atoms with Crippen LogP contribution in [0.2, 0.25) is 0 Å². The number of ether oxygens (including phenoxy) is 9. The van der Waals surface area contributed by atoms with Gasteiger partial charge in [0.15, 0.2) is 25.2 Å². The van der Waals surface area contributed by atoms with Gasteiger partial charge in [0.1, 0.15) is 116 Å². The summed E-state index contributed by atoms with van der Waals surface area (Å²) in [4.78, 5) is 24.4. The molecular formula is C35H60N2O25. The van der Waals surface area contributed by atoms with Crippen LogP contribution in [0.4, 0.5) is 0 Å². The highest BCUT2D eigenvalue weighted by molar-refractivity contribution is 5.73. The van der Waals surface area contributed by atoms with Gasteiger partial charge < -0.3 is 125 Å². The Morgan fingerprint density at radius 3 is 1.37 bits per heavy atom. The zero-order chi connectivity index (χ0) is 45.9. The molecule has 0 radical (unpaired) electrons. The summed E-state index contributed by atoms with van der Waals surface area (Å²) in [6.45, 7) is -0.399. The maximum atomic E-state index is 12.5. The molecule has 0 spiro atoms. The van der Waals surface area contributed by atoms with E-state index in [-0.39, 0.29) is 0 Å². The zero-order valence-corrected chi connectivity index (χ0v) is 33.7. The minimum absolute atomic E-state index is 0.533. The fourth-order valence-electron chi connectivity index (χ4n) is 7.98. The second kappa shape index (κ2) is 22.0. The second-order valence-corrected chi connectivity index (χ2v) is 15.8. The molecule has 0 bridgehead atoms. The number of rotatable bonds is 15. The van der Waals surface area contributed by atoms with Gasteiger partial charge in [-0.2, -0.15) is 0 Å². The molecule has 16 N–H and O–H groups in total. The third-order valence-corrected chi connectivity index (χ3v) is 11.4. The van der Waals surface area contributed by atoms with Gasteiger partial charge in [-0.15, -0.1) is 0 Å². The van der Waals surface area contributed by atoms with Crippen LogP contribution in [0, 0.1) is 0 Å². The van der Waals surface area contributed by atoms with Crippen molar-refractivity contribution in [1.29, 1.82) is 0 Å². The number of carbonyl (C=O) groups is 2. The Hall–Kier alpha value is -1.98. The standard InChI is InChI=1S/C35H60N2O25/c1-9-17(36-10(2)42)22(47)29(14(6-40)55-9)60-32-18(37-11(3)43)23(48)30(15(7-41)58-32)61-35-28(53)31(62-34-27(52)25(50)20(45)13(5-39)57-34)21(46)16(59-35)8-54-33-26(51)24(49)19(44)12(4-38)56-33/h9,12-35,38-41,44-53H,4-8H2,1-3H3,(H,36,42)(H,37,43)/t9-,12?,13+,14?,15?,16?,17+,18-,19+,20+,21+,22?,23?,24-,25?,26?,27?,28+,29+,30+,31?,32-,33-,34+,35-/m0/s1. The van der Waals surface area contributed by atoms with Crippen molar-refractivity contribution in [3.8, 4) is 0 Å². The largest absolute Gasteiger partial charge is 0.394 e. The zero-order valence-electron chi connectivity index (χ0n) is 33.7. The van der Waals surface area contributed by atoms with Crippen LogP contribution in [0.25, 0.3) is 0 Å². The molecule has 0 aromatic rings. The Kier molecular flexibility index (Phi) is 18.1. The summed E-state index contributed by atoms with van der Waals surface area (Å²) in [5, 5.41) is 153. The third-order valence-electron chi connectivity index (χ3n) is 11.4. The topological polar surface area (TPSA) is 424 Å². The SMILES string of the molecule is CC(=O)N[C@H]1C(O)[C@H](O[C@@H]2OC(CO[C@H]3OC(CO)[C@@H](O)[C@H](O)C3O)[C@@H](O)C(O[C@H]3O[C@H](CO)[C@@H](O)C(O)C3O)[C@H]2O)C(CO)O[C@H]1O[C@@H]1C(CO)O[C@@H](C)[C@@H](NC(C)=O)C1O. The van der Waals surface area contributed by atoms with Crippen molar-refractivity contribution in [2.24, 2.45) is 0 Å². The Balaban J connectivity index is 1.41. The number of nitrogens with one attached hydrogen (secondary N) is 2. The Labute approximate surface area is 353 Å². The smallest absolute Gasteiger partial charge is 0.217 e. The van der Waals surface area contributed by atoms with E-state index >= 15 is 0 Å². The van der Waals surface area contributed by atoms with Gasteiger partial charge in [-0.3, -0.25) is 9.59 Å². The quantitative estimate of drug-likeness (QED) is 0.0725. The molecule has 0 saturated carbocycles. The minimum atomic E-state index is -2.16. The molecule has 5 aliphatic heterocycles. The van der Waals surface area contributed by atoms with Crippen molar-refractivity contribution in [3.05, 3.63) is 0 Å². The van der Waals surface area contributed by atoms with E-state index in [1.165, 1.54) is 13.8 Å². The van der Waals surface area contributed by atoms with Gasteiger partial charge in [0, 0.05) is 13.8 Å². The average molecular weight is 909 g/mol. The Morgan fingerprint density at radius 1 is 0.435 bits per heavy atom. The van der Waals surface area contributed by atoms with Gasteiger partial charge >= 0.3 is 0 Å². The maximum absolute atomic E-state index is 12.5. The molecule has 27 nitrogen and oxygen atoms in total. The van der Waals surface area contributed by atoms with Crippen LogP contribution < -0.4 is 10.6 Å². The van der Waals surface area contributed by atoms with Gasteiger partial charge in [-0.1, -0.05) is 0 Å². The van der Waals surface area contributed by atoms with Gasteiger partial charge in [-0.05, 0) is 6.92 Å². The van der Waals surface area contributed by atoms with Crippen LogP contribution in [-0.4, -0.2) is 270 Å². The lowest BCUT2D eigenvalue weighted by Gasteiger charge is -2.50. The highest BCUT2D eigenvalue weighted by atomic mass is 16.8. The third kappa shape index (κ3) is 11.0. The summed E-state index contributed by atoms with van der Waals surface area (Å²) in [5.41, 5.74) is 0. The molecule has 5 saturated heterocycles. The van der Waals surface area contributed by atoms with E-state index in [4.69, 9.17) is 42.6 Å². The van der Waals surface area contributed by atoms with Crippen molar-refractivity contribution in [3.63, 3.8) is 0 Å². The van der Waals surface area contributed by atoms with E-state index in [0.717, 1.165) is 6.92 Å². The number of hydrogen-bond acceptors (Lipinski definition) is 25. The molecule has 62 heavy (non-hydrogen) atoms. The maximum Gasteiger partial charge on any atom is 0.217 e. The van der Waals surface area contributed by atoms with Gasteiger partial charge in [-0.25, -0.2) is 0 Å². The van der Waals surface area contributed by atoms with Crippen LogP contribution in [0.3, 0.4) is 0 Å². The fourth-order valence-corrected chi connectivity index (χ4v) is 7.98. The molecular weight excluding hydrogens is 848 g/mol. The van der Waals surface area contributed by atoms with Crippen molar-refractivity contribution >= 4 is 11.8 Å². The number of aliphatic hydroxyl groups is 14. The van der Waals surface area contributed by atoms with Crippen LogP contribution >= 0.6 is 0 Å². The second-order valence-electron chi connectivity index (χ2n) is 15.8. The number of hydrogen-bond donors (Lipinski definition) is 16. The molecule has 2 amide bonds. The summed E-state index contributed by atoms with van der Waals surface area (Å²) in [5.74, 6) is -1.29. The molecule has 27 heteroatoms. The molecule has 0 aromatic heterocycles. The molecule has 0 aliphatic carbocycles. The lowest BCUT2D eigenvalue weighted by molar-refractivity contribution is -0.383. The molecule has 360 valence electrons. The number of carbonyl (C=O) groups excluding carboxylic acids is 2. The normalized spacial score (nSPS) is 49.0. The van der Waals surface area contributed by atoms with Crippen LogP contribution in [0.15, 0.2) is 0 Å². The monoisotopic (exact) mass is 908 g/mol. The van der Waals surface area contributed by atoms with E-state index in [9.17, 15) is 81.1 Å². The predicted molar refractivity (Wildman–Crippen MR) is 193 cm³/mol. The highest BCUT2D eigenvalue weighted by Gasteiger charge is 2.56. The lowest BCUT2D eigenvalue weighted by atomic mass is 9.92. The summed E-state index contributed by atoms with van der Waals surface area (Å²) in [7, 11) is 0. The van der Waals surface area contributed by atoms with Crippen molar-refractivity contribution in [1.82, 2.24) is 10.6 Å². The van der Waals surface area contributed by atoms with Crippen LogP contribution in [0.1, 0.15) is 20.8 Å². The summed E-state index contributed by atoms with van der Waals surface area (Å²) < 4.78 is 51.6. The summed E-state index contributed by atoms with van der Waals surface area (Å²) in [6, 6.07) is -2.68. The van der Waals surface area contributed by atoms with Gasteiger partial charge in [0.05, 0.1) is 45.2 Å². The number of aliphatic hydroxyl groups excluding tert-OH is 14. The molecule has 5 fully saturated rings. The minimum Gasteiger partial charge on any atom is -0.394 e. The van der Waals surface area contributed by atoms with E-state index in [1.807, 2.05) is 0 Å². The van der Waals surface area contributed by atoms with Crippen molar-refractivity contribution in [2.75, 3.05) is 33.0 Å². The van der Waals surface area contributed by atoms with E-state index in [0.29, 0.717) is 0 Å². The first-order chi connectivity index (χ1) is 29.3. The molecule has 5 aliphatic rings. The van der Waals surface area contributed by atoms with Crippen LogP contribution in [-0.2, 0) is 52.2 Å². The molecule has 5 rings (SSSR count). The molecule has 0 aromatic carbocycles. The predicted octanol–water partition coefficient (Wildman–Crippen LogP) is -10.6. The van der Waals surface area contributed by atoms with Gasteiger partial charge in [0.25, 0.3) is 0 Å². The summed E-state index contributed by atoms with van der Waals surface area (Å²) >= 11 is 0. The fraction of sp³-hybridized carbons (Fsp3) is 0.943. The van der Waals surface area contributed by atoms with Crippen molar-refractivity contribution in [2.45, 2.75) is 174 Å². The molecule has 25 atom stereocenters.